The summed E-state index contributed by atoms with van der Waals surface area (Å²) in [5.41, 5.74) is 3.66. The van der Waals surface area contributed by atoms with E-state index in [0.717, 1.165) is 37.8 Å². The molecule has 0 spiro atoms. The SMILES string of the molecule is Cc1cccc(NC(=O)[C@@H]2CC[C@H]3[C@@H]4CC=C5N(C6CC6)C(=O)CC[C@]5(C)[C@H]4CC[C@]23C)c1. The topological polar surface area (TPSA) is 49.4 Å². The van der Waals surface area contributed by atoms with Crippen molar-refractivity contribution in [3.63, 3.8) is 0 Å². The Balaban J connectivity index is 1.25. The smallest absolute Gasteiger partial charge is 0.228 e. The van der Waals surface area contributed by atoms with Crippen molar-refractivity contribution in [2.75, 3.05) is 5.32 Å². The van der Waals surface area contributed by atoms with E-state index in [2.05, 4.69) is 49.2 Å². The van der Waals surface area contributed by atoms with Gasteiger partial charge in [-0.15, -0.1) is 0 Å². The first kappa shape index (κ1) is 21.4. The van der Waals surface area contributed by atoms with E-state index < -0.39 is 0 Å². The number of carbonyl (C=O) groups is 2. The van der Waals surface area contributed by atoms with Crippen LogP contribution in [0, 0.1) is 41.4 Å². The van der Waals surface area contributed by atoms with E-state index in [1.807, 2.05) is 12.1 Å². The molecule has 1 aromatic carbocycles. The van der Waals surface area contributed by atoms with E-state index in [1.54, 1.807) is 0 Å². The van der Waals surface area contributed by atoms with Crippen LogP contribution in [0.5, 0.6) is 0 Å². The minimum Gasteiger partial charge on any atom is -0.326 e. The molecule has 5 aliphatic rings. The minimum atomic E-state index is 0.0808. The molecule has 1 aromatic rings. The van der Waals surface area contributed by atoms with Gasteiger partial charge in [0, 0.05) is 35.2 Å². The van der Waals surface area contributed by atoms with Crippen molar-refractivity contribution < 1.29 is 9.59 Å². The van der Waals surface area contributed by atoms with Gasteiger partial charge in [0.05, 0.1) is 0 Å². The molecule has 0 aromatic heterocycles. The van der Waals surface area contributed by atoms with E-state index in [1.165, 1.54) is 30.5 Å². The van der Waals surface area contributed by atoms with Crippen molar-refractivity contribution in [3.8, 4) is 0 Å². The predicted molar refractivity (Wildman–Crippen MR) is 130 cm³/mol. The first-order chi connectivity index (χ1) is 15.8. The molecule has 1 saturated heterocycles. The molecule has 176 valence electrons. The molecule has 1 aliphatic heterocycles. The summed E-state index contributed by atoms with van der Waals surface area (Å²) >= 11 is 0. The fraction of sp³-hybridized carbons (Fsp3) is 0.655. The number of benzene rings is 1. The van der Waals surface area contributed by atoms with Gasteiger partial charge in [0.15, 0.2) is 0 Å². The molecular weight excluding hydrogens is 408 g/mol. The second-order valence-electron chi connectivity index (χ2n) is 12.1. The van der Waals surface area contributed by atoms with Gasteiger partial charge in [0.2, 0.25) is 11.8 Å². The zero-order chi connectivity index (χ0) is 23.0. The highest BCUT2D eigenvalue weighted by Crippen LogP contribution is 2.66. The number of rotatable bonds is 3. The summed E-state index contributed by atoms with van der Waals surface area (Å²) in [6.45, 7) is 6.93. The molecule has 6 atom stereocenters. The molecule has 0 bridgehead atoms. The molecule has 0 unspecified atom stereocenters. The number of aryl methyl sites for hydroxylation is 1. The Morgan fingerprint density at radius 2 is 1.88 bits per heavy atom. The third-order valence-electron chi connectivity index (χ3n) is 10.3. The first-order valence-electron chi connectivity index (χ1n) is 13.2. The Labute approximate surface area is 198 Å². The van der Waals surface area contributed by atoms with Crippen molar-refractivity contribution in [1.82, 2.24) is 4.90 Å². The van der Waals surface area contributed by atoms with Crippen molar-refractivity contribution in [3.05, 3.63) is 41.6 Å². The maximum atomic E-state index is 13.4. The van der Waals surface area contributed by atoms with Gasteiger partial charge in [-0.2, -0.15) is 0 Å². The zero-order valence-electron chi connectivity index (χ0n) is 20.4. The van der Waals surface area contributed by atoms with Gasteiger partial charge < -0.3 is 10.2 Å². The van der Waals surface area contributed by atoms with Gasteiger partial charge >= 0.3 is 0 Å². The molecule has 0 radical (unpaired) electrons. The normalized spacial score (nSPS) is 39.9. The van der Waals surface area contributed by atoms with E-state index in [0.29, 0.717) is 36.1 Å². The van der Waals surface area contributed by atoms with Crippen LogP contribution in [0.3, 0.4) is 0 Å². The highest BCUT2D eigenvalue weighted by atomic mass is 16.2. The Hall–Kier alpha value is -2.10. The lowest BCUT2D eigenvalue weighted by atomic mass is 9.49. The van der Waals surface area contributed by atoms with Gasteiger partial charge in [-0.1, -0.05) is 32.1 Å². The van der Waals surface area contributed by atoms with Crippen LogP contribution in [-0.4, -0.2) is 22.8 Å². The van der Waals surface area contributed by atoms with Crippen molar-refractivity contribution in [2.45, 2.75) is 84.6 Å². The molecule has 6 rings (SSSR count). The summed E-state index contributed by atoms with van der Waals surface area (Å²) in [5, 5.41) is 3.24. The van der Waals surface area contributed by atoms with Gasteiger partial charge in [-0.05, 0) is 99.2 Å². The molecule has 4 heteroatoms. The summed E-state index contributed by atoms with van der Waals surface area (Å²) in [4.78, 5) is 28.4. The molecular formula is C29H38N2O2. The number of hydrogen-bond donors (Lipinski definition) is 1. The maximum Gasteiger partial charge on any atom is 0.228 e. The summed E-state index contributed by atoms with van der Waals surface area (Å²) in [6, 6.07) is 8.62. The van der Waals surface area contributed by atoms with Crippen LogP contribution in [0.15, 0.2) is 36.0 Å². The lowest BCUT2D eigenvalue weighted by molar-refractivity contribution is -0.139. The van der Waals surface area contributed by atoms with Crippen LogP contribution >= 0.6 is 0 Å². The minimum absolute atomic E-state index is 0.0808. The average Bonchev–Trinajstić information content (AvgIpc) is 3.54. The third kappa shape index (κ3) is 3.23. The largest absolute Gasteiger partial charge is 0.326 e. The van der Waals surface area contributed by atoms with Gasteiger partial charge in [0.1, 0.15) is 0 Å². The molecule has 2 amide bonds. The van der Waals surface area contributed by atoms with Gasteiger partial charge in [-0.3, -0.25) is 9.59 Å². The van der Waals surface area contributed by atoms with Crippen LogP contribution in [-0.2, 0) is 9.59 Å². The fourth-order valence-corrected chi connectivity index (χ4v) is 8.50. The molecule has 1 N–H and O–H groups in total. The number of anilines is 1. The number of hydrogen-bond acceptors (Lipinski definition) is 2. The van der Waals surface area contributed by atoms with E-state index in [9.17, 15) is 9.59 Å². The number of likely N-dealkylation sites (tertiary alicyclic amines) is 1. The Bertz CT molecular complexity index is 1030. The lowest BCUT2D eigenvalue weighted by Gasteiger charge is -2.58. The lowest BCUT2D eigenvalue weighted by Crippen LogP contribution is -2.55. The third-order valence-corrected chi connectivity index (χ3v) is 10.3. The van der Waals surface area contributed by atoms with Crippen molar-refractivity contribution in [2.24, 2.45) is 34.5 Å². The second-order valence-corrected chi connectivity index (χ2v) is 12.1. The van der Waals surface area contributed by atoms with Crippen molar-refractivity contribution in [1.29, 1.82) is 0 Å². The number of amides is 2. The number of fused-ring (bicyclic) bond motifs is 5. The first-order valence-corrected chi connectivity index (χ1v) is 13.2. The van der Waals surface area contributed by atoms with Gasteiger partial charge in [0.25, 0.3) is 0 Å². The number of allylic oxidation sites excluding steroid dienone is 2. The quantitative estimate of drug-likeness (QED) is 0.612. The van der Waals surface area contributed by atoms with E-state index in [4.69, 9.17) is 0 Å². The Morgan fingerprint density at radius 3 is 2.64 bits per heavy atom. The van der Waals surface area contributed by atoms with Crippen LogP contribution < -0.4 is 5.32 Å². The summed E-state index contributed by atoms with van der Waals surface area (Å²) in [6.07, 6.45) is 12.1. The standard InChI is InChI=1S/C29H38N2O2/c1-18-5-4-6-19(17-18)30-27(33)24-11-10-22-21-9-12-25-29(3,23(21)13-15-28(22,24)2)16-14-26(32)31(25)20-7-8-20/h4-6,12,17,20-24H,7-11,13-16H2,1-3H3,(H,30,33)/t21-,22-,23-,24-,28-,29+/m0/s1. The van der Waals surface area contributed by atoms with Crippen LogP contribution in [0.1, 0.15) is 77.2 Å². The highest BCUT2D eigenvalue weighted by molar-refractivity contribution is 5.93. The molecule has 4 aliphatic carbocycles. The van der Waals surface area contributed by atoms with E-state index in [-0.39, 0.29) is 22.7 Å². The van der Waals surface area contributed by atoms with Crippen LogP contribution in [0.25, 0.3) is 0 Å². The van der Waals surface area contributed by atoms with Gasteiger partial charge in [-0.25, -0.2) is 0 Å². The van der Waals surface area contributed by atoms with Crippen LogP contribution in [0.4, 0.5) is 5.69 Å². The molecule has 33 heavy (non-hydrogen) atoms. The number of carbonyl (C=O) groups excluding carboxylic acids is 2. The Kier molecular flexibility index (Phi) is 4.84. The fourth-order valence-electron chi connectivity index (χ4n) is 8.50. The van der Waals surface area contributed by atoms with Crippen LogP contribution in [0.2, 0.25) is 0 Å². The molecule has 4 nitrogen and oxygen atoms in total. The predicted octanol–water partition coefficient (Wildman–Crippen LogP) is 6.07. The second kappa shape index (κ2) is 7.45. The summed E-state index contributed by atoms with van der Waals surface area (Å²) in [5.74, 6) is 2.55. The molecule has 4 fully saturated rings. The summed E-state index contributed by atoms with van der Waals surface area (Å²) in [7, 11) is 0. The zero-order valence-corrected chi connectivity index (χ0v) is 20.4. The average molecular weight is 447 g/mol. The molecule has 3 saturated carbocycles. The number of piperidine rings is 1. The Morgan fingerprint density at radius 1 is 1.06 bits per heavy atom. The number of nitrogens with one attached hydrogen (secondary N) is 1. The van der Waals surface area contributed by atoms with Crippen molar-refractivity contribution >= 4 is 17.5 Å². The summed E-state index contributed by atoms with van der Waals surface area (Å²) < 4.78 is 0. The van der Waals surface area contributed by atoms with E-state index >= 15 is 0 Å². The monoisotopic (exact) mass is 446 g/mol. The number of nitrogens with zero attached hydrogens (tertiary/aromatic N) is 1. The maximum absolute atomic E-state index is 13.4. The highest BCUT2D eigenvalue weighted by Gasteiger charge is 2.61. The molecule has 1 heterocycles.